The zero-order valence-electron chi connectivity index (χ0n) is 22.3. The number of thiophene rings is 1. The van der Waals surface area contributed by atoms with Crippen LogP contribution < -0.4 is 4.74 Å². The van der Waals surface area contributed by atoms with Crippen molar-refractivity contribution in [3.05, 3.63) is 77.7 Å². The number of ether oxygens (including phenoxy) is 2. The smallest absolute Gasteiger partial charge is 0.248 e. The Balaban J connectivity index is 1.30. The van der Waals surface area contributed by atoms with Crippen molar-refractivity contribution in [1.82, 2.24) is 9.88 Å². The maximum atomic E-state index is 14.9. The van der Waals surface area contributed by atoms with Gasteiger partial charge in [0.05, 0.1) is 16.8 Å². The van der Waals surface area contributed by atoms with Gasteiger partial charge in [-0.1, -0.05) is 30.3 Å². The average molecular weight is 563 g/mol. The van der Waals surface area contributed by atoms with E-state index in [0.29, 0.717) is 43.3 Å². The molecule has 2 aromatic heterocycles. The summed E-state index contributed by atoms with van der Waals surface area (Å²) in [7, 11) is 1.57. The molecule has 0 saturated heterocycles. The summed E-state index contributed by atoms with van der Waals surface area (Å²) in [5, 5.41) is 9.27. The highest BCUT2D eigenvalue weighted by Gasteiger charge is 2.24. The van der Waals surface area contributed by atoms with Gasteiger partial charge in [-0.05, 0) is 53.6 Å². The van der Waals surface area contributed by atoms with Gasteiger partial charge in [0.2, 0.25) is 5.91 Å². The van der Waals surface area contributed by atoms with E-state index in [9.17, 15) is 19.1 Å². The Kier molecular flexibility index (Phi) is 8.84. The lowest BCUT2D eigenvalue weighted by Crippen LogP contribution is -2.35. The number of aliphatic hydroxyl groups excluding tert-OH is 1. The molecule has 2 aromatic carbocycles. The van der Waals surface area contributed by atoms with Gasteiger partial charge in [0.25, 0.3) is 0 Å². The van der Waals surface area contributed by atoms with Crippen molar-refractivity contribution >= 4 is 33.2 Å². The number of hydrogen-bond donors (Lipinski definition) is 1. The number of rotatable bonds is 13. The van der Waals surface area contributed by atoms with E-state index >= 15 is 0 Å². The van der Waals surface area contributed by atoms with Gasteiger partial charge in [-0.15, -0.1) is 11.3 Å². The van der Waals surface area contributed by atoms with Gasteiger partial charge in [-0.2, -0.15) is 0 Å². The van der Waals surface area contributed by atoms with E-state index < -0.39 is 12.4 Å². The van der Waals surface area contributed by atoms with Gasteiger partial charge >= 0.3 is 0 Å². The predicted molar refractivity (Wildman–Crippen MR) is 152 cm³/mol. The van der Waals surface area contributed by atoms with Crippen molar-refractivity contribution in [3.63, 3.8) is 0 Å². The quantitative estimate of drug-likeness (QED) is 0.222. The second-order valence-electron chi connectivity index (χ2n) is 10.0. The summed E-state index contributed by atoms with van der Waals surface area (Å²) < 4.78 is 26.8. The normalized spacial score (nSPS) is 13.0. The van der Waals surface area contributed by atoms with Crippen LogP contribution >= 0.6 is 11.3 Å². The molecule has 208 valence electrons. The Hall–Kier alpha value is -3.66. The summed E-state index contributed by atoms with van der Waals surface area (Å²) in [5.41, 5.74) is 3.29. The number of methoxy groups -OCH3 is 1. The highest BCUT2D eigenvalue weighted by molar-refractivity contribution is 7.22. The number of halogens is 1. The van der Waals surface area contributed by atoms with Gasteiger partial charge in [0.15, 0.2) is 11.6 Å². The SMILES string of the molecule is COCCN(Cc1ccc(-c2cc3nccc(Oc4ccc(CC(=O)CC5CC5)cc4F)c3s2)cc1)C(=O)CO. The van der Waals surface area contributed by atoms with E-state index in [2.05, 4.69) is 4.98 Å². The first-order chi connectivity index (χ1) is 19.4. The minimum Gasteiger partial charge on any atom is -0.453 e. The summed E-state index contributed by atoms with van der Waals surface area (Å²) >= 11 is 1.50. The molecule has 0 aliphatic heterocycles. The van der Waals surface area contributed by atoms with Crippen LogP contribution in [0.5, 0.6) is 11.5 Å². The summed E-state index contributed by atoms with van der Waals surface area (Å²) in [5.74, 6) is 0.409. The van der Waals surface area contributed by atoms with Gasteiger partial charge in [-0.3, -0.25) is 14.6 Å². The summed E-state index contributed by atoms with van der Waals surface area (Å²) in [4.78, 5) is 31.2. The number of aromatic nitrogens is 1. The first-order valence-electron chi connectivity index (χ1n) is 13.3. The number of pyridine rings is 1. The van der Waals surface area contributed by atoms with Crippen LogP contribution in [0.25, 0.3) is 20.7 Å². The fourth-order valence-electron chi connectivity index (χ4n) is 4.52. The van der Waals surface area contributed by atoms with Crippen molar-refractivity contribution in [1.29, 1.82) is 0 Å². The molecule has 9 heteroatoms. The molecule has 1 fully saturated rings. The topological polar surface area (TPSA) is 89.0 Å². The molecule has 2 heterocycles. The van der Waals surface area contributed by atoms with Crippen LogP contribution in [-0.4, -0.2) is 53.5 Å². The van der Waals surface area contributed by atoms with Gasteiger partial charge in [-0.25, -0.2) is 4.39 Å². The first kappa shape index (κ1) is 27.9. The molecular weight excluding hydrogens is 531 g/mol. The Morgan fingerprint density at radius 2 is 1.85 bits per heavy atom. The minimum atomic E-state index is -0.547. The summed E-state index contributed by atoms with van der Waals surface area (Å²) in [6.07, 6.45) is 4.68. The monoisotopic (exact) mass is 562 g/mol. The molecule has 0 unspecified atom stereocenters. The number of benzene rings is 2. The standard InChI is InChI=1S/C31H31FN2O5S/c1-38-13-12-34(30(37)19-35)18-21-4-7-23(8-5-21)29-17-26-31(40-29)28(10-11-33-26)39-27-9-6-22(16-25(27)32)15-24(36)14-20-2-3-20/h4-11,16-17,20,35H,2-3,12-15,18-19H2,1H3. The third kappa shape index (κ3) is 6.91. The highest BCUT2D eigenvalue weighted by Crippen LogP contribution is 2.40. The van der Waals surface area contributed by atoms with E-state index in [-0.39, 0.29) is 23.9 Å². The maximum Gasteiger partial charge on any atom is 0.248 e. The second kappa shape index (κ2) is 12.7. The average Bonchev–Trinajstić information content (AvgIpc) is 3.65. The number of hydrogen-bond acceptors (Lipinski definition) is 7. The molecule has 0 radical (unpaired) electrons. The van der Waals surface area contributed by atoms with Gasteiger partial charge in [0, 0.05) is 50.2 Å². The Morgan fingerprint density at radius 3 is 2.55 bits per heavy atom. The Labute approximate surface area is 236 Å². The van der Waals surface area contributed by atoms with Crippen LogP contribution in [0, 0.1) is 11.7 Å². The number of carbonyl (C=O) groups is 2. The van der Waals surface area contributed by atoms with E-state index in [4.69, 9.17) is 9.47 Å². The third-order valence-corrected chi connectivity index (χ3v) is 8.06. The minimum absolute atomic E-state index is 0.0978. The zero-order valence-corrected chi connectivity index (χ0v) is 23.1. The first-order valence-corrected chi connectivity index (χ1v) is 14.1. The fourth-order valence-corrected chi connectivity index (χ4v) is 5.60. The number of aliphatic hydroxyl groups is 1. The number of Topliss-reactive ketones (excluding diaryl/α,β-unsaturated/α-hetero) is 1. The largest absolute Gasteiger partial charge is 0.453 e. The van der Waals surface area contributed by atoms with Crippen molar-refractivity contribution in [2.75, 3.05) is 26.9 Å². The van der Waals surface area contributed by atoms with Crippen molar-refractivity contribution in [3.8, 4) is 21.9 Å². The fraction of sp³-hybridized carbons (Fsp3) is 0.323. The van der Waals surface area contributed by atoms with Gasteiger partial charge in [0.1, 0.15) is 18.1 Å². The van der Waals surface area contributed by atoms with Crippen LogP contribution in [0.3, 0.4) is 0 Å². The molecule has 1 saturated carbocycles. The molecule has 1 amide bonds. The second-order valence-corrected chi connectivity index (χ2v) is 11.1. The summed E-state index contributed by atoms with van der Waals surface area (Å²) in [6.45, 7) is 0.602. The Morgan fingerprint density at radius 1 is 1.07 bits per heavy atom. The molecule has 1 aliphatic carbocycles. The van der Waals surface area contributed by atoms with Crippen molar-refractivity contribution in [2.45, 2.75) is 32.2 Å². The van der Waals surface area contributed by atoms with Crippen molar-refractivity contribution in [2.24, 2.45) is 5.92 Å². The van der Waals surface area contributed by atoms with E-state index in [1.54, 1.807) is 36.4 Å². The third-order valence-electron chi connectivity index (χ3n) is 6.87. The molecule has 1 aliphatic rings. The van der Waals surface area contributed by atoms with E-state index in [1.807, 2.05) is 30.3 Å². The Bertz CT molecular complexity index is 1500. The van der Waals surface area contributed by atoms with Gasteiger partial charge < -0.3 is 19.5 Å². The molecule has 1 N–H and O–H groups in total. The molecule has 0 bridgehead atoms. The number of fused-ring (bicyclic) bond motifs is 1. The van der Waals surface area contributed by atoms with Crippen LogP contribution in [0.15, 0.2) is 60.8 Å². The molecular formula is C31H31FN2O5S. The molecule has 0 spiro atoms. The van der Waals surface area contributed by atoms with Crippen LogP contribution in [0.4, 0.5) is 4.39 Å². The lowest BCUT2D eigenvalue weighted by atomic mass is 10.0. The zero-order chi connectivity index (χ0) is 28.1. The molecule has 5 rings (SSSR count). The van der Waals surface area contributed by atoms with Crippen LogP contribution in [0.1, 0.15) is 30.4 Å². The number of amides is 1. The molecule has 7 nitrogen and oxygen atoms in total. The van der Waals surface area contributed by atoms with E-state index in [1.165, 1.54) is 17.4 Å². The summed E-state index contributed by atoms with van der Waals surface area (Å²) in [6, 6.07) is 16.2. The number of carbonyl (C=O) groups excluding carboxylic acids is 2. The lowest BCUT2D eigenvalue weighted by molar-refractivity contribution is -0.135. The highest BCUT2D eigenvalue weighted by atomic mass is 32.1. The number of ketones is 1. The molecule has 40 heavy (non-hydrogen) atoms. The molecule has 4 aromatic rings. The van der Waals surface area contributed by atoms with Crippen LogP contribution in [-0.2, 0) is 27.3 Å². The number of nitrogens with zero attached hydrogens (tertiary/aromatic N) is 2. The predicted octanol–water partition coefficient (Wildman–Crippen LogP) is 5.77. The molecule has 0 atom stereocenters. The van der Waals surface area contributed by atoms with Crippen molar-refractivity contribution < 1.29 is 28.6 Å². The van der Waals surface area contributed by atoms with Crippen LogP contribution in [0.2, 0.25) is 0 Å². The lowest BCUT2D eigenvalue weighted by Gasteiger charge is -2.21. The maximum absolute atomic E-state index is 14.9. The van der Waals surface area contributed by atoms with E-state index in [0.717, 1.165) is 39.1 Å².